The zero-order chi connectivity index (χ0) is 40.5. The molecular formula is C65H7NO2. The van der Waals surface area contributed by atoms with Gasteiger partial charge in [-0.25, -0.2) is 0 Å². The highest BCUT2D eigenvalue weighted by Gasteiger charge is 2.76. The molecule has 3 heteroatoms. The van der Waals surface area contributed by atoms with Crippen molar-refractivity contribution >= 4 is 302 Å². The van der Waals surface area contributed by atoms with Crippen LogP contribution in [0.25, 0.3) is 291 Å². The molecule has 28 aromatic rings. The Morgan fingerprint density at radius 2 is 0.471 bits per heavy atom. The van der Waals surface area contributed by atoms with Gasteiger partial charge in [0, 0.05) is 17.5 Å². The molecule has 0 atom stereocenters. The van der Waals surface area contributed by atoms with Crippen molar-refractivity contribution in [2.24, 2.45) is 5.16 Å². The summed E-state index contributed by atoms with van der Waals surface area (Å²) in [5, 5.41) is 90.9. The summed E-state index contributed by atoms with van der Waals surface area (Å²) >= 11 is 0. The Morgan fingerprint density at radius 3 is 0.662 bits per heavy atom. The predicted octanol–water partition coefficient (Wildman–Crippen LogP) is 17.0. The van der Waals surface area contributed by atoms with E-state index >= 15 is 0 Å². The van der Waals surface area contributed by atoms with Crippen molar-refractivity contribution in [3.05, 3.63) is 22.3 Å². The maximum atomic E-state index is 13.5. The molecule has 68 heavy (non-hydrogen) atoms. The third kappa shape index (κ3) is 1.27. The number of rotatable bonds is 3. The average molecular weight is 834 g/mol. The van der Waals surface area contributed by atoms with E-state index < -0.39 is 11.0 Å². The molecular weight excluding hydrogens is 827 g/mol. The largest absolute Gasteiger partial charge is 0.378 e. The Bertz CT molecular complexity index is 7020. The summed E-state index contributed by atoms with van der Waals surface area (Å²) < 4.78 is 0. The molecule has 0 unspecified atom stereocenters. The molecule has 33 rings (SSSR count). The van der Waals surface area contributed by atoms with Gasteiger partial charge < -0.3 is 9.63 Å². The Hall–Kier alpha value is -8.40. The highest BCUT2D eigenvalue weighted by Crippen LogP contribution is 2.85. The molecule has 0 radical (unpaired) electrons. The normalized spacial score (nSPS) is 22.7. The average Bonchev–Trinajstić information content (AvgIpc) is 4.28. The molecule has 4 aliphatic carbocycles. The summed E-state index contributed by atoms with van der Waals surface area (Å²) in [6.45, 7) is 1.79. The van der Waals surface area contributed by atoms with Crippen molar-refractivity contribution in [1.29, 1.82) is 0 Å². The minimum atomic E-state index is -0.857. The second-order valence-corrected chi connectivity index (χ2v) is 25.0. The number of carbonyl (C=O) groups excluding carboxylic acids is 1. The molecule has 5 aliphatic rings. The smallest absolute Gasteiger partial charge is 0.209 e. The number of ketones is 1. The van der Waals surface area contributed by atoms with Crippen LogP contribution in [0.15, 0.2) is 5.16 Å². The zero-order valence-corrected chi connectivity index (χ0v) is 34.7. The van der Waals surface area contributed by atoms with Crippen molar-refractivity contribution in [3.63, 3.8) is 0 Å². The predicted molar refractivity (Wildman–Crippen MR) is 282 cm³/mol. The van der Waals surface area contributed by atoms with Crippen molar-refractivity contribution in [2.75, 3.05) is 0 Å². The number of carbonyl (C=O) groups is 1. The van der Waals surface area contributed by atoms with Crippen LogP contribution < -0.4 is 0 Å². The number of Topliss-reactive ketones (excluding diaryl/α,β-unsaturated/α-hetero) is 1. The van der Waals surface area contributed by atoms with Crippen molar-refractivity contribution in [1.82, 2.24) is 0 Å². The van der Waals surface area contributed by atoms with E-state index in [1.165, 1.54) is 65.3 Å². The lowest BCUT2D eigenvalue weighted by Gasteiger charge is -2.47. The Labute approximate surface area is 368 Å². The van der Waals surface area contributed by atoms with Gasteiger partial charge in [-0.3, -0.25) is 0 Å². The van der Waals surface area contributed by atoms with Gasteiger partial charge in [0.15, 0.2) is 0 Å². The summed E-state index contributed by atoms with van der Waals surface area (Å²) in [5.41, 5.74) is 5.53. The fraction of sp³-hybridized carbons (Fsp3) is 0.0769. The lowest BCUT2D eigenvalue weighted by molar-refractivity contribution is -0.116. The van der Waals surface area contributed by atoms with Gasteiger partial charge in [0.1, 0.15) is 11.2 Å². The molecule has 1 aliphatic heterocycles. The van der Waals surface area contributed by atoms with Crippen LogP contribution in [0.3, 0.4) is 0 Å². The first-order valence-electron chi connectivity index (χ1n) is 25.3. The number of oxime groups is 1. The second kappa shape index (κ2) is 5.52. The maximum absolute atomic E-state index is 13.5. The quantitative estimate of drug-likeness (QED) is 0.166. The van der Waals surface area contributed by atoms with Gasteiger partial charge in [-0.2, -0.15) is 0 Å². The first kappa shape index (κ1) is 24.9. The van der Waals surface area contributed by atoms with Gasteiger partial charge in [0.2, 0.25) is 5.60 Å². The van der Waals surface area contributed by atoms with Crippen molar-refractivity contribution < 1.29 is 9.63 Å². The van der Waals surface area contributed by atoms with Gasteiger partial charge in [-0.05, 0) is 315 Å². The van der Waals surface area contributed by atoms with E-state index in [2.05, 4.69) is 0 Å². The molecule has 0 saturated carbocycles. The fourth-order valence-electron chi connectivity index (χ4n) is 24.6. The highest BCUT2D eigenvalue weighted by molar-refractivity contribution is 6.82. The minimum absolute atomic E-state index is 0.234. The Kier molecular flexibility index (Phi) is 2.03. The molecule has 284 valence electrons. The number of hydrogen-bond donors (Lipinski definition) is 0. The van der Waals surface area contributed by atoms with Crippen LogP contribution in [0.5, 0.6) is 0 Å². The van der Waals surface area contributed by atoms with Gasteiger partial charge in [0.05, 0.1) is 5.71 Å². The van der Waals surface area contributed by atoms with Crippen LogP contribution >= 0.6 is 0 Å². The summed E-state index contributed by atoms with van der Waals surface area (Å²) in [7, 11) is 0. The fourth-order valence-corrected chi connectivity index (χ4v) is 24.6. The van der Waals surface area contributed by atoms with E-state index in [4.69, 9.17) is 9.99 Å². The maximum Gasteiger partial charge on any atom is 0.209 e. The molecule has 0 saturated heterocycles. The second-order valence-electron chi connectivity index (χ2n) is 25.0. The minimum Gasteiger partial charge on any atom is -0.378 e. The van der Waals surface area contributed by atoms with Gasteiger partial charge in [0.25, 0.3) is 0 Å². The monoisotopic (exact) mass is 833 g/mol. The Balaban J connectivity index is 1.21. The van der Waals surface area contributed by atoms with Gasteiger partial charge >= 0.3 is 0 Å². The first-order chi connectivity index (χ1) is 33.8. The van der Waals surface area contributed by atoms with E-state index in [0.717, 1.165) is 5.71 Å². The lowest BCUT2D eigenvalue weighted by Crippen LogP contribution is -2.54. The molecule has 0 fully saturated rings. The third-order valence-electron chi connectivity index (χ3n) is 24.7. The van der Waals surface area contributed by atoms with Crippen LogP contribution in [0, 0.1) is 0 Å². The van der Waals surface area contributed by atoms with Crippen LogP contribution in [-0.2, 0) is 20.6 Å². The van der Waals surface area contributed by atoms with E-state index in [-0.39, 0.29) is 5.78 Å². The molecule has 0 aromatic heterocycles. The van der Waals surface area contributed by atoms with Crippen LogP contribution in [0.2, 0.25) is 0 Å². The van der Waals surface area contributed by atoms with Crippen molar-refractivity contribution in [3.8, 4) is 0 Å². The topological polar surface area (TPSA) is 38.7 Å². The van der Waals surface area contributed by atoms with E-state index in [0.29, 0.717) is 12.8 Å². The SMILES string of the molecule is CC(=O)CCC1=NOC23c4c5c6c7c8c9c(c%10c%11c2c2c4c4c%12c5c5c6c6c8c8c%13c9c9c%10c%10c%11c%11c2c2c4c4c%12c%12c5c5c6c8c6c8c%13c9c9c%10c%10c%11c2c2c4c4c%12c5c6c5c8c9c%10c2c45)C173. The molecule has 3 nitrogen and oxygen atoms in total. The third-order valence-corrected chi connectivity index (χ3v) is 24.7. The number of hydrogen-bond acceptors (Lipinski definition) is 3. The summed E-state index contributed by atoms with van der Waals surface area (Å²) in [6, 6.07) is 0. The van der Waals surface area contributed by atoms with Crippen LogP contribution in [0.4, 0.5) is 0 Å². The van der Waals surface area contributed by atoms with Gasteiger partial charge in [-0.15, -0.1) is 0 Å². The molecule has 0 amide bonds. The van der Waals surface area contributed by atoms with Crippen LogP contribution in [0.1, 0.15) is 42.0 Å². The number of nitrogens with zero attached hydrogens (tertiary/aromatic N) is 1. The highest BCUT2D eigenvalue weighted by atomic mass is 16.7. The number of benzene rings is 18. The van der Waals surface area contributed by atoms with E-state index in [1.54, 1.807) is 255 Å². The summed E-state index contributed by atoms with van der Waals surface area (Å²) in [4.78, 5) is 21.4. The zero-order valence-electron chi connectivity index (χ0n) is 34.7. The summed E-state index contributed by atoms with van der Waals surface area (Å²) in [5.74, 6) is 0.234. The lowest BCUT2D eigenvalue weighted by atomic mass is 9.52. The Morgan fingerprint density at radius 1 is 0.294 bits per heavy atom. The molecule has 0 bridgehead atoms. The molecule has 0 N–H and O–H groups in total. The molecule has 2 spiro atoms. The van der Waals surface area contributed by atoms with Crippen LogP contribution in [-0.4, -0.2) is 11.5 Å². The first-order valence-corrected chi connectivity index (χ1v) is 25.3. The van der Waals surface area contributed by atoms with Gasteiger partial charge in [-0.1, -0.05) is 5.16 Å². The van der Waals surface area contributed by atoms with E-state index in [9.17, 15) is 4.79 Å². The van der Waals surface area contributed by atoms with E-state index in [1.807, 2.05) is 0 Å². The molecule has 1 heterocycles. The molecule has 28 aromatic carbocycles. The summed E-state index contributed by atoms with van der Waals surface area (Å²) in [6.07, 6.45) is 1.10. The standard InChI is InChI=1S/C65H7NO2/c1-4(67)2-3-5-64-60-52-44-34-24-16-8-6-7-10-14-12(8)20-28-22(14)32-26-18(10)19-11(7)15-13-9(6)17(16)25-31-21(13)29-23(15)33-27(19)37-36(26)48-42(32)50-40(28)46(38(44)30(20)24)54(60)56(50)62-58(48)59-49(37)43(33)51-41(29)47-39(31)45(35(25)34)53(52)61(64)55(47)57(51)63(59)65(62,64)68-66-5/h2-3H2,1H3. The van der Waals surface area contributed by atoms with Crippen molar-refractivity contribution in [2.45, 2.75) is 30.8 Å².